The van der Waals surface area contributed by atoms with E-state index in [4.69, 9.17) is 39.5 Å². The molecular formula is C12H16Cl3N3O2S2. The Morgan fingerprint density at radius 1 is 1.64 bits per heavy atom. The molecule has 1 rings (SSSR count). The third-order valence-electron chi connectivity index (χ3n) is 2.22. The summed E-state index contributed by atoms with van der Waals surface area (Å²) in [5.41, 5.74) is 0.663. The van der Waals surface area contributed by atoms with Crippen LogP contribution < -0.4 is 9.46 Å². The number of nitrogens with zero attached hydrogens (tertiary/aromatic N) is 2. The van der Waals surface area contributed by atoms with Gasteiger partial charge < -0.3 is 4.74 Å². The Morgan fingerprint density at radius 2 is 2.27 bits per heavy atom. The van der Waals surface area contributed by atoms with Gasteiger partial charge in [0.2, 0.25) is 5.82 Å². The normalized spacial score (nSPS) is 16.5. The maximum absolute atomic E-state index is 12.9. The molecule has 0 aromatic carbocycles. The Morgan fingerprint density at radius 3 is 2.77 bits per heavy atom. The summed E-state index contributed by atoms with van der Waals surface area (Å²) < 4.78 is 20.7. The Kier molecular flexibility index (Phi) is 7.61. The van der Waals surface area contributed by atoms with Gasteiger partial charge in [0.05, 0.1) is 48.6 Å². The van der Waals surface area contributed by atoms with Gasteiger partial charge in [-0.3, -0.25) is 4.72 Å². The topological polar surface area (TPSA) is 64.1 Å². The molecule has 0 saturated carbocycles. The number of nitrogens with one attached hydrogen (secondary N) is 1. The minimum Gasteiger partial charge on any atom is -0.478 e. The van der Waals surface area contributed by atoms with E-state index in [0.717, 1.165) is 11.8 Å². The molecular weight excluding hydrogens is 389 g/mol. The Labute approximate surface area is 149 Å². The number of halogens is 3. The van der Waals surface area contributed by atoms with Crippen molar-refractivity contribution >= 4 is 68.0 Å². The van der Waals surface area contributed by atoms with Crippen molar-refractivity contribution in [3.05, 3.63) is 21.2 Å². The standard InChI is InChI=1S/C12H16Cl3N3O2S2/c1-7-6-16-10(11(17-7)20-3)18-22(4,19)12(9(15)5-13)21-8(2)14/h6,8H,4-5H2,1-3H3,(H,16,18,19)/b12-9-. The fourth-order valence-electron chi connectivity index (χ4n) is 1.39. The second kappa shape index (κ2) is 8.49. The zero-order valence-corrected chi connectivity index (χ0v) is 16.1. The van der Waals surface area contributed by atoms with E-state index in [-0.39, 0.29) is 31.6 Å². The lowest BCUT2D eigenvalue weighted by molar-refractivity contribution is 0.397. The minimum atomic E-state index is -3.02. The summed E-state index contributed by atoms with van der Waals surface area (Å²) in [5.74, 6) is 4.11. The number of alkyl halides is 2. The highest BCUT2D eigenvalue weighted by Gasteiger charge is 2.21. The molecule has 5 nitrogen and oxygen atoms in total. The van der Waals surface area contributed by atoms with Crippen LogP contribution in [0.1, 0.15) is 12.6 Å². The van der Waals surface area contributed by atoms with E-state index in [1.807, 2.05) is 0 Å². The predicted octanol–water partition coefficient (Wildman–Crippen LogP) is 3.80. The largest absolute Gasteiger partial charge is 0.478 e. The number of aryl methyl sites for hydroxylation is 1. The molecule has 1 N–H and O–H groups in total. The first-order chi connectivity index (χ1) is 10.2. The zero-order chi connectivity index (χ0) is 16.9. The van der Waals surface area contributed by atoms with Crippen molar-refractivity contribution in [1.82, 2.24) is 9.97 Å². The minimum absolute atomic E-state index is 0.00159. The van der Waals surface area contributed by atoms with Gasteiger partial charge in [0.25, 0.3) is 5.88 Å². The number of methoxy groups -OCH3 is 1. The number of ether oxygens (including phenoxy) is 1. The highest BCUT2D eigenvalue weighted by Crippen LogP contribution is 2.35. The molecule has 0 amide bonds. The number of allylic oxidation sites excluding steroid dienone is 1. The van der Waals surface area contributed by atoms with Crippen LogP contribution in [0, 0.1) is 6.92 Å². The van der Waals surface area contributed by atoms with Gasteiger partial charge in [0.15, 0.2) is 0 Å². The van der Waals surface area contributed by atoms with Crippen LogP contribution in [0.3, 0.4) is 0 Å². The summed E-state index contributed by atoms with van der Waals surface area (Å²) in [4.78, 5) is 8.27. The van der Waals surface area contributed by atoms with E-state index in [1.165, 1.54) is 13.3 Å². The second-order valence-corrected chi connectivity index (χ2v) is 9.34. The smallest absolute Gasteiger partial charge is 0.258 e. The Hall–Kier alpha value is -0.340. The molecule has 22 heavy (non-hydrogen) atoms. The molecule has 1 aromatic heterocycles. The maximum Gasteiger partial charge on any atom is 0.258 e. The van der Waals surface area contributed by atoms with Crippen LogP contribution in [-0.4, -0.2) is 37.7 Å². The van der Waals surface area contributed by atoms with E-state index >= 15 is 0 Å². The van der Waals surface area contributed by atoms with E-state index in [9.17, 15) is 4.21 Å². The molecule has 0 fully saturated rings. The SMILES string of the molecule is C=S(=O)(Nc1ncc(C)nc1OC)/C(SC(C)Cl)=C(\Cl)CCl. The van der Waals surface area contributed by atoms with Gasteiger partial charge in [-0.05, 0) is 19.7 Å². The zero-order valence-electron chi connectivity index (χ0n) is 12.2. The molecule has 0 spiro atoms. The lowest BCUT2D eigenvalue weighted by Gasteiger charge is -2.18. The molecule has 2 atom stereocenters. The van der Waals surface area contributed by atoms with Gasteiger partial charge in [-0.1, -0.05) is 23.4 Å². The number of hydrogen-bond donors (Lipinski definition) is 1. The average molecular weight is 405 g/mol. The number of aromatic nitrogens is 2. The molecule has 124 valence electrons. The fourth-order valence-corrected chi connectivity index (χ4v) is 5.27. The van der Waals surface area contributed by atoms with Crippen molar-refractivity contribution in [2.45, 2.75) is 18.6 Å². The van der Waals surface area contributed by atoms with Gasteiger partial charge in [-0.15, -0.1) is 23.2 Å². The van der Waals surface area contributed by atoms with Gasteiger partial charge in [0.1, 0.15) is 0 Å². The van der Waals surface area contributed by atoms with Crippen molar-refractivity contribution < 1.29 is 8.95 Å². The molecule has 0 saturated heterocycles. The van der Waals surface area contributed by atoms with Crippen LogP contribution in [0.5, 0.6) is 5.88 Å². The number of anilines is 1. The third kappa shape index (κ3) is 5.38. The lowest BCUT2D eigenvalue weighted by Crippen LogP contribution is -2.17. The molecule has 0 aliphatic heterocycles. The summed E-state index contributed by atoms with van der Waals surface area (Å²) in [6.07, 6.45) is 1.52. The van der Waals surface area contributed by atoms with E-state index in [1.54, 1.807) is 13.8 Å². The first-order valence-electron chi connectivity index (χ1n) is 5.99. The lowest BCUT2D eigenvalue weighted by atomic mass is 10.5. The number of thioether (sulfide) groups is 1. The fraction of sp³-hybridized carbons (Fsp3) is 0.417. The molecule has 0 aliphatic rings. The average Bonchev–Trinajstić information content (AvgIpc) is 2.45. The van der Waals surface area contributed by atoms with E-state index in [0.29, 0.717) is 5.69 Å². The summed E-state index contributed by atoms with van der Waals surface area (Å²) in [6, 6.07) is 0. The predicted molar refractivity (Wildman–Crippen MR) is 98.7 cm³/mol. The Bertz CT molecular complexity index is 664. The Balaban J connectivity index is 3.23. The van der Waals surface area contributed by atoms with Crippen molar-refractivity contribution in [2.24, 2.45) is 0 Å². The monoisotopic (exact) mass is 403 g/mol. The van der Waals surface area contributed by atoms with Gasteiger partial charge in [-0.25, -0.2) is 14.2 Å². The summed E-state index contributed by atoms with van der Waals surface area (Å²) in [7, 11) is -1.58. The molecule has 10 heteroatoms. The van der Waals surface area contributed by atoms with Crippen molar-refractivity contribution in [3.63, 3.8) is 0 Å². The van der Waals surface area contributed by atoms with Crippen molar-refractivity contribution in [2.75, 3.05) is 17.7 Å². The van der Waals surface area contributed by atoms with E-state index < -0.39 is 9.71 Å². The van der Waals surface area contributed by atoms with Crippen molar-refractivity contribution in [1.29, 1.82) is 0 Å². The summed E-state index contributed by atoms with van der Waals surface area (Å²) in [5, 5.41) is 0.214. The molecule has 1 heterocycles. The molecule has 0 bridgehead atoms. The highest BCUT2D eigenvalue weighted by molar-refractivity contribution is 8.23. The summed E-state index contributed by atoms with van der Waals surface area (Å²) in [6.45, 7) is 3.49. The maximum atomic E-state index is 12.9. The first kappa shape index (κ1) is 19.7. The van der Waals surface area contributed by atoms with Gasteiger partial charge >= 0.3 is 0 Å². The molecule has 1 aromatic rings. The van der Waals surface area contributed by atoms with Crippen LogP contribution >= 0.6 is 46.6 Å². The first-order valence-corrected chi connectivity index (χ1v) is 9.94. The van der Waals surface area contributed by atoms with Crippen LogP contribution in [0.15, 0.2) is 15.5 Å². The quantitative estimate of drug-likeness (QED) is 0.553. The van der Waals surface area contributed by atoms with Crippen LogP contribution in [-0.2, 0) is 9.71 Å². The highest BCUT2D eigenvalue weighted by atomic mass is 35.5. The second-order valence-electron chi connectivity index (χ2n) is 4.13. The number of rotatable bonds is 7. The molecule has 0 radical (unpaired) electrons. The molecule has 2 unspecified atom stereocenters. The van der Waals surface area contributed by atoms with Gasteiger partial charge in [-0.2, -0.15) is 0 Å². The summed E-state index contributed by atoms with van der Waals surface area (Å²) >= 11 is 18.9. The molecule has 0 aliphatic carbocycles. The van der Waals surface area contributed by atoms with Gasteiger partial charge in [0, 0.05) is 0 Å². The number of hydrogen-bond acceptors (Lipinski definition) is 5. The van der Waals surface area contributed by atoms with Crippen LogP contribution in [0.25, 0.3) is 0 Å². The third-order valence-corrected chi connectivity index (χ3v) is 6.69. The van der Waals surface area contributed by atoms with E-state index in [2.05, 4.69) is 20.6 Å². The van der Waals surface area contributed by atoms with Crippen molar-refractivity contribution in [3.8, 4) is 5.88 Å². The van der Waals surface area contributed by atoms with Crippen LogP contribution in [0.2, 0.25) is 0 Å². The van der Waals surface area contributed by atoms with Crippen LogP contribution in [0.4, 0.5) is 5.82 Å².